The Kier molecular flexibility index (Phi) is 10.4. The zero-order valence-corrected chi connectivity index (χ0v) is 20.8. The summed E-state index contributed by atoms with van der Waals surface area (Å²) in [6.45, 7) is 5.71. The van der Waals surface area contributed by atoms with Crippen molar-refractivity contribution in [1.82, 2.24) is 4.90 Å². The van der Waals surface area contributed by atoms with Gasteiger partial charge in [-0.15, -0.1) is 0 Å². The zero-order valence-electron chi connectivity index (χ0n) is 20.8. The van der Waals surface area contributed by atoms with Crippen LogP contribution >= 0.6 is 0 Å². The smallest absolute Gasteiger partial charge is 0.328 e. The minimum atomic E-state index is -1.26. The van der Waals surface area contributed by atoms with E-state index in [4.69, 9.17) is 14.9 Å². The second-order valence-electron chi connectivity index (χ2n) is 9.06. The summed E-state index contributed by atoms with van der Waals surface area (Å²) < 4.78 is 19.6. The molecule has 37 heavy (non-hydrogen) atoms. The van der Waals surface area contributed by atoms with E-state index in [0.29, 0.717) is 30.6 Å². The van der Waals surface area contributed by atoms with Gasteiger partial charge in [-0.1, -0.05) is 60.2 Å². The largest absolute Gasteiger partial charge is 0.493 e. The fourth-order valence-electron chi connectivity index (χ4n) is 4.39. The summed E-state index contributed by atoms with van der Waals surface area (Å²) in [6, 6.07) is 25.9. The van der Waals surface area contributed by atoms with Crippen molar-refractivity contribution in [2.24, 2.45) is 5.92 Å². The highest BCUT2D eigenvalue weighted by atomic mass is 19.1. The molecule has 0 saturated carbocycles. The van der Waals surface area contributed by atoms with Crippen LogP contribution in [0.5, 0.6) is 5.75 Å². The summed E-state index contributed by atoms with van der Waals surface area (Å²) in [6.07, 6.45) is 2.17. The van der Waals surface area contributed by atoms with Gasteiger partial charge < -0.3 is 14.9 Å². The van der Waals surface area contributed by atoms with Gasteiger partial charge in [0.1, 0.15) is 11.6 Å². The molecule has 1 fully saturated rings. The molecular formula is C30H32FNO5. The number of rotatable bonds is 8. The molecule has 3 aromatic carbocycles. The minimum absolute atomic E-state index is 0.178. The van der Waals surface area contributed by atoms with Crippen LogP contribution in [0.2, 0.25) is 0 Å². The Hall–Kier alpha value is -3.97. The Morgan fingerprint density at radius 1 is 0.946 bits per heavy atom. The third-order valence-corrected chi connectivity index (χ3v) is 6.22. The van der Waals surface area contributed by atoms with E-state index >= 15 is 0 Å². The monoisotopic (exact) mass is 505 g/mol. The number of benzene rings is 3. The van der Waals surface area contributed by atoms with E-state index in [9.17, 15) is 14.0 Å². The van der Waals surface area contributed by atoms with E-state index in [0.717, 1.165) is 31.8 Å². The predicted octanol–water partition coefficient (Wildman–Crippen LogP) is 5.53. The maximum absolute atomic E-state index is 13.4. The summed E-state index contributed by atoms with van der Waals surface area (Å²) in [5.41, 5.74) is 3.78. The number of halogens is 1. The molecule has 1 aliphatic rings. The van der Waals surface area contributed by atoms with Gasteiger partial charge in [0.25, 0.3) is 0 Å². The van der Waals surface area contributed by atoms with Crippen molar-refractivity contribution >= 4 is 11.9 Å². The Balaban J connectivity index is 0.000000414. The summed E-state index contributed by atoms with van der Waals surface area (Å²) in [5.74, 6) is -1.04. The van der Waals surface area contributed by atoms with Gasteiger partial charge in [-0.2, -0.15) is 0 Å². The Labute approximate surface area is 216 Å². The van der Waals surface area contributed by atoms with Gasteiger partial charge in [-0.05, 0) is 61.2 Å². The maximum Gasteiger partial charge on any atom is 0.328 e. The SMILES string of the molecule is Cc1ccc(OC[C@H]2CN(Cc3ccccc3)CC[C@@H]2c2ccc(F)cc2)cc1.O=C(O)/C=C\C(=O)O. The molecule has 3 aromatic rings. The van der Waals surface area contributed by atoms with Crippen LogP contribution in [0.25, 0.3) is 0 Å². The zero-order chi connectivity index (χ0) is 26.6. The first kappa shape index (κ1) is 27.6. The highest BCUT2D eigenvalue weighted by Gasteiger charge is 2.31. The number of carbonyl (C=O) groups is 2. The van der Waals surface area contributed by atoms with E-state index in [1.165, 1.54) is 16.7 Å². The van der Waals surface area contributed by atoms with Gasteiger partial charge in [0, 0.05) is 31.2 Å². The highest BCUT2D eigenvalue weighted by Crippen LogP contribution is 2.34. The number of carboxylic acids is 2. The Bertz CT molecular complexity index is 1150. The van der Waals surface area contributed by atoms with Crippen molar-refractivity contribution in [2.75, 3.05) is 19.7 Å². The standard InChI is InChI=1S/C26H28FNO.C4H4O4/c1-20-7-13-25(14-8-20)29-19-23-18-28(17-21-5-3-2-4-6-21)16-15-26(23)22-9-11-24(27)12-10-22;5-3(6)1-2-4(7)8/h2-14,23,26H,15-19H2,1H3;1-2H,(H,5,6)(H,7,8)/b;2-1-/t23-,26-;/m1./s1. The van der Waals surface area contributed by atoms with E-state index in [-0.39, 0.29) is 5.82 Å². The number of ether oxygens (including phenoxy) is 1. The number of carboxylic acid groups (broad SMARTS) is 2. The summed E-state index contributed by atoms with van der Waals surface area (Å²) in [4.78, 5) is 21.6. The van der Waals surface area contributed by atoms with E-state index in [1.807, 2.05) is 24.3 Å². The average Bonchev–Trinajstić information content (AvgIpc) is 2.89. The maximum atomic E-state index is 13.4. The lowest BCUT2D eigenvalue weighted by atomic mass is 9.80. The fraction of sp³-hybridized carbons (Fsp3) is 0.267. The first-order valence-electron chi connectivity index (χ1n) is 12.2. The Morgan fingerprint density at radius 2 is 1.57 bits per heavy atom. The molecule has 0 aromatic heterocycles. The quantitative estimate of drug-likeness (QED) is 0.392. The lowest BCUT2D eigenvalue weighted by molar-refractivity contribution is -0.134. The molecule has 0 bridgehead atoms. The van der Waals surface area contributed by atoms with Gasteiger partial charge in [-0.3, -0.25) is 4.90 Å². The van der Waals surface area contributed by atoms with E-state index in [1.54, 1.807) is 12.1 Å². The molecule has 0 aliphatic carbocycles. The molecule has 1 saturated heterocycles. The first-order chi connectivity index (χ1) is 17.8. The van der Waals surface area contributed by atoms with E-state index in [2.05, 4.69) is 54.3 Å². The fourth-order valence-corrected chi connectivity index (χ4v) is 4.39. The van der Waals surface area contributed by atoms with Gasteiger partial charge in [-0.25, -0.2) is 14.0 Å². The van der Waals surface area contributed by atoms with Crippen molar-refractivity contribution in [3.8, 4) is 5.75 Å². The van der Waals surface area contributed by atoms with Gasteiger partial charge in [0.05, 0.1) is 6.61 Å². The highest BCUT2D eigenvalue weighted by molar-refractivity contribution is 5.89. The number of piperidine rings is 1. The minimum Gasteiger partial charge on any atom is -0.493 e. The average molecular weight is 506 g/mol. The van der Waals surface area contributed by atoms with Crippen LogP contribution in [0.1, 0.15) is 29.0 Å². The van der Waals surface area contributed by atoms with Gasteiger partial charge in [0.15, 0.2) is 0 Å². The van der Waals surface area contributed by atoms with Crippen molar-refractivity contribution in [2.45, 2.75) is 25.8 Å². The normalized spacial score (nSPS) is 17.6. The topological polar surface area (TPSA) is 87.1 Å². The molecule has 0 unspecified atom stereocenters. The molecule has 0 radical (unpaired) electrons. The molecule has 1 aliphatic heterocycles. The number of nitrogens with zero attached hydrogens (tertiary/aromatic N) is 1. The van der Waals surface area contributed by atoms with Crippen LogP contribution in [-0.4, -0.2) is 46.7 Å². The molecule has 2 atom stereocenters. The lowest BCUT2D eigenvalue weighted by Crippen LogP contribution is -2.41. The predicted molar refractivity (Wildman–Crippen MR) is 140 cm³/mol. The van der Waals surface area contributed by atoms with Crippen molar-refractivity contribution in [3.05, 3.63) is 114 Å². The van der Waals surface area contributed by atoms with Gasteiger partial charge >= 0.3 is 11.9 Å². The molecular weight excluding hydrogens is 473 g/mol. The molecule has 4 rings (SSSR count). The third kappa shape index (κ3) is 9.54. The summed E-state index contributed by atoms with van der Waals surface area (Å²) in [5, 5.41) is 15.6. The molecule has 194 valence electrons. The van der Waals surface area contributed by atoms with Crippen LogP contribution in [0.3, 0.4) is 0 Å². The number of likely N-dealkylation sites (tertiary alicyclic amines) is 1. The second-order valence-corrected chi connectivity index (χ2v) is 9.06. The molecule has 1 heterocycles. The number of aliphatic carboxylic acids is 2. The van der Waals surface area contributed by atoms with Crippen molar-refractivity contribution in [1.29, 1.82) is 0 Å². The Morgan fingerprint density at radius 3 is 2.16 bits per heavy atom. The summed E-state index contributed by atoms with van der Waals surface area (Å²) in [7, 11) is 0. The van der Waals surface area contributed by atoms with Crippen molar-refractivity contribution in [3.63, 3.8) is 0 Å². The molecule has 6 nitrogen and oxygen atoms in total. The number of hydrogen-bond donors (Lipinski definition) is 2. The molecule has 7 heteroatoms. The number of hydrogen-bond acceptors (Lipinski definition) is 4. The molecule has 0 spiro atoms. The van der Waals surface area contributed by atoms with Gasteiger partial charge in [0.2, 0.25) is 0 Å². The van der Waals surface area contributed by atoms with Crippen molar-refractivity contribution < 1.29 is 28.9 Å². The first-order valence-corrected chi connectivity index (χ1v) is 12.2. The van der Waals surface area contributed by atoms with Crippen LogP contribution < -0.4 is 4.74 Å². The van der Waals surface area contributed by atoms with Crippen LogP contribution in [0.4, 0.5) is 4.39 Å². The van der Waals surface area contributed by atoms with Crippen LogP contribution in [0, 0.1) is 18.7 Å². The molecule has 2 N–H and O–H groups in total. The van der Waals surface area contributed by atoms with Crippen LogP contribution in [-0.2, 0) is 16.1 Å². The van der Waals surface area contributed by atoms with Crippen LogP contribution in [0.15, 0.2) is 91.0 Å². The molecule has 0 amide bonds. The summed E-state index contributed by atoms with van der Waals surface area (Å²) >= 11 is 0. The lowest BCUT2D eigenvalue weighted by Gasteiger charge is -2.39. The second kappa shape index (κ2) is 13.9. The number of aryl methyl sites for hydroxylation is 1. The third-order valence-electron chi connectivity index (χ3n) is 6.22. The van der Waals surface area contributed by atoms with E-state index < -0.39 is 11.9 Å².